The van der Waals surface area contributed by atoms with Crippen LogP contribution >= 0.6 is 11.3 Å². The third kappa shape index (κ3) is 4.31. The van der Waals surface area contributed by atoms with E-state index in [1.165, 1.54) is 34.6 Å². The fourth-order valence-electron chi connectivity index (χ4n) is 3.28. The van der Waals surface area contributed by atoms with Crippen LogP contribution in [0, 0.1) is 5.92 Å². The summed E-state index contributed by atoms with van der Waals surface area (Å²) in [5, 5.41) is 0. The zero-order valence-corrected chi connectivity index (χ0v) is 15.9. The number of ether oxygens (including phenoxy) is 1. The number of hydrogen-bond acceptors (Lipinski definition) is 4. The molecule has 138 valence electrons. The van der Waals surface area contributed by atoms with Gasteiger partial charge in [0.05, 0.1) is 11.5 Å². The molecule has 2 amide bonds. The van der Waals surface area contributed by atoms with Gasteiger partial charge in [0.2, 0.25) is 0 Å². The van der Waals surface area contributed by atoms with E-state index < -0.39 is 0 Å². The summed E-state index contributed by atoms with van der Waals surface area (Å²) in [5.41, 5.74) is 7.69. The third-order valence-electron chi connectivity index (χ3n) is 4.78. The van der Waals surface area contributed by atoms with Gasteiger partial charge in [0, 0.05) is 17.6 Å². The molecule has 6 heteroatoms. The van der Waals surface area contributed by atoms with E-state index in [9.17, 15) is 9.59 Å². The maximum atomic E-state index is 12.4. The van der Waals surface area contributed by atoms with Gasteiger partial charge in [-0.1, -0.05) is 25.5 Å². The van der Waals surface area contributed by atoms with Gasteiger partial charge in [0.1, 0.15) is 0 Å². The molecule has 0 saturated carbocycles. The van der Waals surface area contributed by atoms with Crippen molar-refractivity contribution in [1.29, 1.82) is 0 Å². The number of benzene rings is 1. The van der Waals surface area contributed by atoms with Gasteiger partial charge in [-0.3, -0.25) is 20.4 Å². The van der Waals surface area contributed by atoms with Crippen molar-refractivity contribution in [2.75, 3.05) is 7.11 Å². The first-order valence-electron chi connectivity index (χ1n) is 8.90. The second-order valence-electron chi connectivity index (χ2n) is 6.62. The first-order chi connectivity index (χ1) is 12.6. The summed E-state index contributed by atoms with van der Waals surface area (Å²) < 4.78 is 5.07. The first-order valence-corrected chi connectivity index (χ1v) is 9.72. The number of aryl methyl sites for hydroxylation is 1. The van der Waals surface area contributed by atoms with Crippen LogP contribution in [0.2, 0.25) is 0 Å². The highest BCUT2D eigenvalue weighted by Crippen LogP contribution is 2.33. The number of thiophene rings is 1. The third-order valence-corrected chi connectivity index (χ3v) is 6.01. The van der Waals surface area contributed by atoms with E-state index in [0.717, 1.165) is 18.4 Å². The fourth-order valence-corrected chi connectivity index (χ4v) is 4.38. The minimum Gasteiger partial charge on any atom is -0.380 e. The Balaban J connectivity index is 1.60. The smallest absolute Gasteiger partial charge is 0.279 e. The number of rotatable bonds is 5. The van der Waals surface area contributed by atoms with Crippen molar-refractivity contribution in [3.63, 3.8) is 0 Å². The van der Waals surface area contributed by atoms with Gasteiger partial charge in [-0.2, -0.15) is 0 Å². The van der Waals surface area contributed by atoms with Crippen LogP contribution in [0.4, 0.5) is 0 Å². The lowest BCUT2D eigenvalue weighted by Gasteiger charge is -2.19. The maximum Gasteiger partial charge on any atom is 0.279 e. The Morgan fingerprint density at radius 1 is 1.23 bits per heavy atom. The molecule has 0 bridgehead atoms. The van der Waals surface area contributed by atoms with Crippen molar-refractivity contribution in [2.45, 2.75) is 39.2 Å². The molecule has 2 aromatic rings. The predicted octanol–water partition coefficient (Wildman–Crippen LogP) is 3.48. The molecular formula is C20H24N2O3S. The number of hydrazine groups is 1. The quantitative estimate of drug-likeness (QED) is 0.790. The topological polar surface area (TPSA) is 67.4 Å². The van der Waals surface area contributed by atoms with Crippen molar-refractivity contribution in [1.82, 2.24) is 10.9 Å². The average molecular weight is 372 g/mol. The monoisotopic (exact) mass is 372 g/mol. The maximum absolute atomic E-state index is 12.4. The van der Waals surface area contributed by atoms with E-state index >= 15 is 0 Å². The molecule has 1 aromatic carbocycles. The van der Waals surface area contributed by atoms with Crippen LogP contribution in [0.3, 0.4) is 0 Å². The number of carbonyl (C=O) groups is 2. The normalized spacial score (nSPS) is 16.0. The van der Waals surface area contributed by atoms with E-state index in [0.29, 0.717) is 23.0 Å². The van der Waals surface area contributed by atoms with Crippen molar-refractivity contribution in [2.24, 2.45) is 5.92 Å². The number of fused-ring (bicyclic) bond motifs is 1. The summed E-state index contributed by atoms with van der Waals surface area (Å²) in [5.74, 6) is 0.106. The van der Waals surface area contributed by atoms with Crippen LogP contribution < -0.4 is 10.9 Å². The van der Waals surface area contributed by atoms with E-state index in [2.05, 4.69) is 17.8 Å². The Morgan fingerprint density at radius 3 is 2.81 bits per heavy atom. The Morgan fingerprint density at radius 2 is 2.04 bits per heavy atom. The van der Waals surface area contributed by atoms with Crippen molar-refractivity contribution >= 4 is 23.2 Å². The van der Waals surface area contributed by atoms with Gasteiger partial charge in [0.15, 0.2) is 0 Å². The summed E-state index contributed by atoms with van der Waals surface area (Å²) in [4.78, 5) is 26.6. The van der Waals surface area contributed by atoms with E-state index in [1.807, 2.05) is 12.1 Å². The number of hydrogen-bond donors (Lipinski definition) is 2. The molecule has 0 radical (unpaired) electrons. The average Bonchev–Trinajstić information content (AvgIpc) is 3.09. The Bertz CT molecular complexity index is 800. The molecule has 1 atom stereocenters. The molecule has 0 unspecified atom stereocenters. The lowest BCUT2D eigenvalue weighted by Crippen LogP contribution is -2.41. The molecule has 1 aromatic heterocycles. The van der Waals surface area contributed by atoms with E-state index in [-0.39, 0.29) is 11.8 Å². The number of methoxy groups -OCH3 is 1. The van der Waals surface area contributed by atoms with Crippen LogP contribution in [0.15, 0.2) is 30.3 Å². The molecule has 2 N–H and O–H groups in total. The Labute approximate surface area is 157 Å². The predicted molar refractivity (Wildman–Crippen MR) is 102 cm³/mol. The SMILES string of the molecule is CC[C@H]1CCc2sc(C(=O)NNC(=O)c3cccc(COC)c3)cc2C1. The lowest BCUT2D eigenvalue weighted by molar-refractivity contribution is 0.0848. The van der Waals surface area contributed by atoms with Crippen molar-refractivity contribution in [3.8, 4) is 0 Å². The minimum atomic E-state index is -0.344. The second-order valence-corrected chi connectivity index (χ2v) is 7.75. The Kier molecular flexibility index (Phi) is 6.06. The zero-order chi connectivity index (χ0) is 18.5. The van der Waals surface area contributed by atoms with Gasteiger partial charge in [-0.25, -0.2) is 0 Å². The largest absolute Gasteiger partial charge is 0.380 e. The number of amides is 2. The molecule has 0 fully saturated rings. The highest BCUT2D eigenvalue weighted by Gasteiger charge is 2.22. The summed E-state index contributed by atoms with van der Waals surface area (Å²) >= 11 is 1.53. The standard InChI is InChI=1S/C20H24N2O3S/c1-3-13-7-8-17-16(9-13)11-18(26-17)20(24)22-21-19(23)15-6-4-5-14(10-15)12-25-2/h4-6,10-11,13H,3,7-9,12H2,1-2H3,(H,21,23)(H,22,24)/t13-/m0/s1. The second kappa shape index (κ2) is 8.47. The molecule has 0 saturated heterocycles. The van der Waals surface area contributed by atoms with Crippen molar-refractivity contribution in [3.05, 3.63) is 56.8 Å². The van der Waals surface area contributed by atoms with Crippen LogP contribution in [-0.2, 0) is 24.2 Å². The van der Waals surface area contributed by atoms with Gasteiger partial charge >= 0.3 is 0 Å². The molecule has 1 aliphatic carbocycles. The summed E-state index contributed by atoms with van der Waals surface area (Å²) in [7, 11) is 1.61. The van der Waals surface area contributed by atoms with E-state index in [1.54, 1.807) is 25.3 Å². The van der Waals surface area contributed by atoms with Crippen LogP contribution in [0.25, 0.3) is 0 Å². The lowest BCUT2D eigenvalue weighted by atomic mass is 9.87. The summed E-state index contributed by atoms with van der Waals surface area (Å²) in [6, 6.07) is 9.11. The van der Waals surface area contributed by atoms with Gasteiger partial charge in [-0.15, -0.1) is 11.3 Å². The molecule has 0 aliphatic heterocycles. The van der Waals surface area contributed by atoms with Gasteiger partial charge < -0.3 is 4.74 Å². The summed E-state index contributed by atoms with van der Waals surface area (Å²) in [6.07, 6.45) is 4.47. The molecule has 26 heavy (non-hydrogen) atoms. The highest BCUT2D eigenvalue weighted by molar-refractivity contribution is 7.14. The first kappa shape index (κ1) is 18.6. The van der Waals surface area contributed by atoms with Crippen LogP contribution in [0.5, 0.6) is 0 Å². The van der Waals surface area contributed by atoms with Gasteiger partial charge in [0.25, 0.3) is 11.8 Å². The molecule has 0 spiro atoms. The minimum absolute atomic E-state index is 0.265. The number of nitrogens with one attached hydrogen (secondary N) is 2. The summed E-state index contributed by atoms with van der Waals surface area (Å²) in [6.45, 7) is 2.65. The van der Waals surface area contributed by atoms with Crippen LogP contribution in [-0.4, -0.2) is 18.9 Å². The Hall–Kier alpha value is -2.18. The molecule has 1 heterocycles. The zero-order valence-electron chi connectivity index (χ0n) is 15.1. The number of carbonyl (C=O) groups excluding carboxylic acids is 2. The van der Waals surface area contributed by atoms with Crippen molar-refractivity contribution < 1.29 is 14.3 Å². The fraction of sp³-hybridized carbons (Fsp3) is 0.400. The highest BCUT2D eigenvalue weighted by atomic mass is 32.1. The molecule has 5 nitrogen and oxygen atoms in total. The van der Waals surface area contributed by atoms with Gasteiger partial charge in [-0.05, 0) is 54.5 Å². The van der Waals surface area contributed by atoms with Crippen LogP contribution in [0.1, 0.15) is 55.8 Å². The molecular weight excluding hydrogens is 348 g/mol. The molecule has 1 aliphatic rings. The molecule has 3 rings (SSSR count). The van der Waals surface area contributed by atoms with E-state index in [4.69, 9.17) is 4.74 Å².